The van der Waals surface area contributed by atoms with Crippen LogP contribution in [0.4, 0.5) is 10.1 Å². The van der Waals surface area contributed by atoms with Crippen LogP contribution in [0.15, 0.2) is 24.3 Å². The summed E-state index contributed by atoms with van der Waals surface area (Å²) in [5, 5.41) is 10.8. The van der Waals surface area contributed by atoms with Crippen molar-refractivity contribution in [2.45, 2.75) is 63.1 Å². The summed E-state index contributed by atoms with van der Waals surface area (Å²) in [7, 11) is 0. The summed E-state index contributed by atoms with van der Waals surface area (Å²) in [5.41, 5.74) is 0.732. The molecular weight excluding hydrogens is 341 g/mol. The third kappa shape index (κ3) is 4.47. The predicted octanol–water partition coefficient (Wildman–Crippen LogP) is 3.11. The number of benzene rings is 1. The molecule has 27 heavy (non-hydrogen) atoms. The Hall–Kier alpha value is -1.17. The van der Waals surface area contributed by atoms with E-state index in [0.717, 1.165) is 64.2 Å². The van der Waals surface area contributed by atoms with Crippen molar-refractivity contribution in [3.63, 3.8) is 0 Å². The van der Waals surface area contributed by atoms with Crippen LogP contribution in [0.2, 0.25) is 0 Å². The third-order valence-corrected chi connectivity index (χ3v) is 6.86. The highest BCUT2D eigenvalue weighted by Gasteiger charge is 2.35. The van der Waals surface area contributed by atoms with Crippen molar-refractivity contribution < 1.29 is 9.50 Å². The van der Waals surface area contributed by atoms with E-state index in [2.05, 4.69) is 14.7 Å². The van der Waals surface area contributed by atoms with Crippen LogP contribution in [0.1, 0.15) is 44.9 Å². The Kier molecular flexibility index (Phi) is 6.31. The maximum absolute atomic E-state index is 14.0. The minimum atomic E-state index is -0.235. The van der Waals surface area contributed by atoms with E-state index >= 15 is 0 Å². The standard InChI is InChI=1S/C22H34FN3O/c23-19-7-3-4-8-20(19)25-14-9-18(10-15-25)26-16-11-21(22(27)17-26)24-12-5-1-2-6-13-24/h3-4,7-8,18,21-22,27H,1-2,5-6,9-17H2/t21-,22-/m1/s1. The molecular formula is C22H34FN3O. The molecule has 3 heterocycles. The van der Waals surface area contributed by atoms with Crippen LogP contribution in [0.3, 0.4) is 0 Å². The number of hydrogen-bond acceptors (Lipinski definition) is 4. The number of para-hydroxylation sites is 1. The first kappa shape index (κ1) is 19.2. The SMILES string of the molecule is O[C@@H]1CN(C2CCN(c3ccccc3F)CC2)CC[C@H]1N1CCCCCC1. The Morgan fingerprint density at radius 1 is 0.815 bits per heavy atom. The van der Waals surface area contributed by atoms with Crippen molar-refractivity contribution >= 4 is 5.69 Å². The Morgan fingerprint density at radius 3 is 2.19 bits per heavy atom. The van der Waals surface area contributed by atoms with Gasteiger partial charge in [-0.05, 0) is 57.3 Å². The predicted molar refractivity (Wildman–Crippen MR) is 108 cm³/mol. The molecule has 4 nitrogen and oxygen atoms in total. The van der Waals surface area contributed by atoms with Gasteiger partial charge >= 0.3 is 0 Å². The fraction of sp³-hybridized carbons (Fsp3) is 0.727. The maximum Gasteiger partial charge on any atom is 0.146 e. The van der Waals surface area contributed by atoms with E-state index in [9.17, 15) is 9.50 Å². The lowest BCUT2D eigenvalue weighted by Crippen LogP contribution is -2.57. The minimum Gasteiger partial charge on any atom is -0.390 e. The Balaban J connectivity index is 1.29. The number of nitrogens with zero attached hydrogens (tertiary/aromatic N) is 3. The Bertz CT molecular complexity index is 597. The van der Waals surface area contributed by atoms with Crippen molar-refractivity contribution in [2.75, 3.05) is 44.2 Å². The van der Waals surface area contributed by atoms with Crippen molar-refractivity contribution in [1.82, 2.24) is 9.80 Å². The topological polar surface area (TPSA) is 30.0 Å². The zero-order chi connectivity index (χ0) is 18.6. The van der Waals surface area contributed by atoms with Gasteiger partial charge in [-0.2, -0.15) is 0 Å². The highest BCUT2D eigenvalue weighted by atomic mass is 19.1. The Morgan fingerprint density at radius 2 is 1.52 bits per heavy atom. The average Bonchev–Trinajstić information content (AvgIpc) is 2.98. The van der Waals surface area contributed by atoms with Crippen LogP contribution in [-0.2, 0) is 0 Å². The van der Waals surface area contributed by atoms with E-state index in [1.54, 1.807) is 12.1 Å². The van der Waals surface area contributed by atoms with E-state index in [1.807, 2.05) is 12.1 Å². The zero-order valence-corrected chi connectivity index (χ0v) is 16.4. The van der Waals surface area contributed by atoms with Gasteiger partial charge in [0, 0.05) is 38.3 Å². The first-order valence-electron chi connectivity index (χ1n) is 10.9. The first-order valence-corrected chi connectivity index (χ1v) is 10.9. The number of likely N-dealkylation sites (tertiary alicyclic amines) is 2. The van der Waals surface area contributed by atoms with Gasteiger partial charge in [0.15, 0.2) is 0 Å². The van der Waals surface area contributed by atoms with Gasteiger partial charge in [-0.15, -0.1) is 0 Å². The molecule has 0 aliphatic carbocycles. The summed E-state index contributed by atoms with van der Waals surface area (Å²) < 4.78 is 14.0. The molecule has 0 spiro atoms. The van der Waals surface area contributed by atoms with E-state index < -0.39 is 0 Å². The summed E-state index contributed by atoms with van der Waals surface area (Å²) in [6.45, 7) is 5.99. The molecule has 3 saturated heterocycles. The van der Waals surface area contributed by atoms with Crippen molar-refractivity contribution in [3.05, 3.63) is 30.1 Å². The van der Waals surface area contributed by atoms with Gasteiger partial charge in [0.1, 0.15) is 5.82 Å². The van der Waals surface area contributed by atoms with Crippen molar-refractivity contribution in [2.24, 2.45) is 0 Å². The van der Waals surface area contributed by atoms with Gasteiger partial charge in [-0.1, -0.05) is 25.0 Å². The molecule has 3 aliphatic heterocycles. The van der Waals surface area contributed by atoms with Crippen molar-refractivity contribution in [1.29, 1.82) is 0 Å². The molecule has 3 aliphatic rings. The van der Waals surface area contributed by atoms with Gasteiger partial charge in [0.2, 0.25) is 0 Å². The molecule has 0 bridgehead atoms. The van der Waals surface area contributed by atoms with Crippen LogP contribution in [0.5, 0.6) is 0 Å². The fourth-order valence-electron chi connectivity index (χ4n) is 5.31. The lowest BCUT2D eigenvalue weighted by atomic mass is 9.95. The fourth-order valence-corrected chi connectivity index (χ4v) is 5.31. The number of piperidine rings is 2. The first-order chi connectivity index (χ1) is 13.2. The second kappa shape index (κ2) is 8.89. The second-order valence-corrected chi connectivity index (χ2v) is 8.54. The summed E-state index contributed by atoms with van der Waals surface area (Å²) in [6.07, 6.45) is 8.18. The van der Waals surface area contributed by atoms with Gasteiger partial charge < -0.3 is 10.0 Å². The highest BCUT2D eigenvalue weighted by molar-refractivity contribution is 5.47. The van der Waals surface area contributed by atoms with Crippen molar-refractivity contribution in [3.8, 4) is 0 Å². The minimum absolute atomic E-state index is 0.121. The average molecular weight is 376 g/mol. The van der Waals surface area contributed by atoms with Crippen LogP contribution in [0, 0.1) is 5.82 Å². The van der Waals surface area contributed by atoms with Gasteiger partial charge in [-0.25, -0.2) is 4.39 Å². The lowest BCUT2D eigenvalue weighted by molar-refractivity contribution is -0.0279. The molecule has 2 atom stereocenters. The molecule has 0 unspecified atom stereocenters. The summed E-state index contributed by atoms with van der Waals surface area (Å²) >= 11 is 0. The number of aliphatic hydroxyl groups excluding tert-OH is 1. The number of β-amino-alcohol motifs (C(OH)–C–C–N with tert-alkyl or cyclic N) is 1. The molecule has 150 valence electrons. The molecule has 0 amide bonds. The van der Waals surface area contributed by atoms with E-state index in [-0.39, 0.29) is 11.9 Å². The number of aliphatic hydroxyl groups is 1. The Labute approximate surface area is 162 Å². The maximum atomic E-state index is 14.0. The largest absolute Gasteiger partial charge is 0.390 e. The molecule has 5 heteroatoms. The number of anilines is 1. The summed E-state index contributed by atoms with van der Waals surface area (Å²) in [5.74, 6) is -0.121. The summed E-state index contributed by atoms with van der Waals surface area (Å²) in [4.78, 5) is 7.22. The number of hydrogen-bond donors (Lipinski definition) is 1. The van der Waals surface area contributed by atoms with E-state index in [0.29, 0.717) is 12.1 Å². The molecule has 0 saturated carbocycles. The van der Waals surface area contributed by atoms with Crippen LogP contribution >= 0.6 is 0 Å². The highest BCUT2D eigenvalue weighted by Crippen LogP contribution is 2.28. The molecule has 1 aromatic rings. The van der Waals surface area contributed by atoms with Crippen LogP contribution < -0.4 is 4.90 Å². The van der Waals surface area contributed by atoms with E-state index in [4.69, 9.17) is 0 Å². The normalized spacial score (nSPS) is 29.6. The molecule has 0 aromatic heterocycles. The lowest BCUT2D eigenvalue weighted by Gasteiger charge is -2.46. The molecule has 1 aromatic carbocycles. The zero-order valence-electron chi connectivity index (χ0n) is 16.4. The smallest absolute Gasteiger partial charge is 0.146 e. The number of halogens is 1. The van der Waals surface area contributed by atoms with Gasteiger partial charge in [0.05, 0.1) is 11.8 Å². The number of rotatable bonds is 3. The van der Waals surface area contributed by atoms with E-state index in [1.165, 1.54) is 25.7 Å². The quantitative estimate of drug-likeness (QED) is 0.879. The van der Waals surface area contributed by atoms with Gasteiger partial charge in [0.25, 0.3) is 0 Å². The molecule has 4 rings (SSSR count). The molecule has 3 fully saturated rings. The van der Waals surface area contributed by atoms with Crippen LogP contribution in [-0.4, -0.2) is 72.4 Å². The molecule has 1 N–H and O–H groups in total. The second-order valence-electron chi connectivity index (χ2n) is 8.54. The third-order valence-electron chi connectivity index (χ3n) is 6.86. The van der Waals surface area contributed by atoms with Crippen LogP contribution in [0.25, 0.3) is 0 Å². The summed E-state index contributed by atoms with van der Waals surface area (Å²) in [6, 6.07) is 7.96. The molecule has 0 radical (unpaired) electrons. The van der Waals surface area contributed by atoms with Gasteiger partial charge in [-0.3, -0.25) is 9.80 Å². The monoisotopic (exact) mass is 375 g/mol.